The lowest BCUT2D eigenvalue weighted by Gasteiger charge is -2.28. The van der Waals surface area contributed by atoms with Crippen LogP contribution in [0.4, 0.5) is 0 Å². The van der Waals surface area contributed by atoms with E-state index in [1.54, 1.807) is 0 Å². The normalized spacial score (nSPS) is 14.5. The maximum Gasteiger partial charge on any atom is 0.356 e. The standard InChI is InChI=1S/C11H18Cl2N3O2P/c12-6-8-16(9-7-13)19(17,15-14)18-10-11-4-2-1-3-5-11/h1-5H,6-10,14H2,(H,15,17). The van der Waals surface area contributed by atoms with Gasteiger partial charge < -0.3 is 4.52 Å². The first-order chi connectivity index (χ1) is 9.16. The zero-order valence-corrected chi connectivity index (χ0v) is 12.9. The number of alkyl halides is 2. The van der Waals surface area contributed by atoms with Crippen molar-refractivity contribution in [3.63, 3.8) is 0 Å². The lowest BCUT2D eigenvalue weighted by Crippen LogP contribution is -2.35. The second kappa shape index (κ2) is 8.93. The minimum Gasteiger partial charge on any atom is -0.300 e. The van der Waals surface area contributed by atoms with Gasteiger partial charge in [0.15, 0.2) is 0 Å². The summed E-state index contributed by atoms with van der Waals surface area (Å²) in [6.45, 7) is 0.957. The number of nitrogens with one attached hydrogen (secondary N) is 1. The van der Waals surface area contributed by atoms with Gasteiger partial charge in [-0.2, -0.15) is 5.20 Å². The number of rotatable bonds is 9. The van der Waals surface area contributed by atoms with Crippen LogP contribution >= 0.6 is 30.9 Å². The van der Waals surface area contributed by atoms with Crippen molar-refractivity contribution in [3.8, 4) is 0 Å². The number of hydrazine groups is 1. The molecule has 3 N–H and O–H groups in total. The van der Waals surface area contributed by atoms with Crippen molar-refractivity contribution >= 4 is 30.9 Å². The predicted octanol–water partition coefficient (Wildman–Crippen LogP) is 2.55. The van der Waals surface area contributed by atoms with Crippen LogP contribution in [0, 0.1) is 0 Å². The Balaban J connectivity index is 2.70. The van der Waals surface area contributed by atoms with Gasteiger partial charge in [0.2, 0.25) is 0 Å². The Labute approximate surface area is 123 Å². The lowest BCUT2D eigenvalue weighted by atomic mass is 10.2. The molecule has 0 aromatic heterocycles. The van der Waals surface area contributed by atoms with Gasteiger partial charge in [0, 0.05) is 24.8 Å². The van der Waals surface area contributed by atoms with Crippen molar-refractivity contribution in [3.05, 3.63) is 35.9 Å². The number of hydrogen-bond donors (Lipinski definition) is 2. The van der Waals surface area contributed by atoms with E-state index in [1.165, 1.54) is 4.67 Å². The van der Waals surface area contributed by atoms with Gasteiger partial charge in [-0.1, -0.05) is 30.3 Å². The third-order valence-electron chi connectivity index (χ3n) is 2.47. The van der Waals surface area contributed by atoms with E-state index in [4.69, 9.17) is 33.6 Å². The molecule has 0 aliphatic heterocycles. The first kappa shape index (κ1) is 16.9. The lowest BCUT2D eigenvalue weighted by molar-refractivity contribution is 0.248. The SMILES string of the molecule is NNP(=O)(OCc1ccccc1)N(CCCl)CCCl. The van der Waals surface area contributed by atoms with Gasteiger partial charge in [0.05, 0.1) is 6.61 Å². The highest BCUT2D eigenvalue weighted by Crippen LogP contribution is 2.46. The van der Waals surface area contributed by atoms with Gasteiger partial charge >= 0.3 is 7.67 Å². The maximum absolute atomic E-state index is 12.6. The third kappa shape index (κ3) is 5.40. The number of hydrogen-bond acceptors (Lipinski definition) is 3. The molecule has 1 aromatic carbocycles. The molecule has 0 bridgehead atoms. The summed E-state index contributed by atoms with van der Waals surface area (Å²) in [7, 11) is -3.32. The van der Waals surface area contributed by atoms with Gasteiger partial charge in [-0.3, -0.25) is 10.4 Å². The van der Waals surface area contributed by atoms with Crippen LogP contribution in [0.25, 0.3) is 0 Å². The van der Waals surface area contributed by atoms with E-state index < -0.39 is 7.67 Å². The topological polar surface area (TPSA) is 67.6 Å². The number of benzene rings is 1. The molecule has 19 heavy (non-hydrogen) atoms. The van der Waals surface area contributed by atoms with Crippen LogP contribution in [-0.4, -0.2) is 29.5 Å². The molecule has 0 heterocycles. The molecule has 5 nitrogen and oxygen atoms in total. The largest absolute Gasteiger partial charge is 0.356 e. The Kier molecular flexibility index (Phi) is 7.95. The summed E-state index contributed by atoms with van der Waals surface area (Å²) in [6, 6.07) is 9.43. The molecule has 0 aliphatic carbocycles. The van der Waals surface area contributed by atoms with Crippen LogP contribution in [0.2, 0.25) is 0 Å². The van der Waals surface area contributed by atoms with Crippen LogP contribution in [0.1, 0.15) is 5.56 Å². The van der Waals surface area contributed by atoms with Crippen LogP contribution in [0.5, 0.6) is 0 Å². The molecule has 1 atom stereocenters. The van der Waals surface area contributed by atoms with E-state index in [0.29, 0.717) is 24.8 Å². The molecule has 0 amide bonds. The minimum atomic E-state index is -3.32. The zero-order chi connectivity index (χ0) is 14.1. The summed E-state index contributed by atoms with van der Waals surface area (Å²) in [5.74, 6) is 6.00. The summed E-state index contributed by atoms with van der Waals surface area (Å²) in [4.78, 5) is 0. The van der Waals surface area contributed by atoms with E-state index in [-0.39, 0.29) is 6.61 Å². The van der Waals surface area contributed by atoms with E-state index in [0.717, 1.165) is 5.56 Å². The van der Waals surface area contributed by atoms with Crippen LogP contribution in [0.3, 0.4) is 0 Å². The van der Waals surface area contributed by atoms with Crippen LogP contribution in [-0.2, 0) is 15.7 Å². The summed E-state index contributed by atoms with van der Waals surface area (Å²) in [5.41, 5.74) is 0.912. The summed E-state index contributed by atoms with van der Waals surface area (Å²) < 4.78 is 19.6. The zero-order valence-electron chi connectivity index (χ0n) is 10.5. The highest BCUT2D eigenvalue weighted by molar-refractivity contribution is 7.54. The number of halogens is 2. The molecule has 0 aliphatic rings. The highest BCUT2D eigenvalue weighted by Gasteiger charge is 2.30. The molecule has 108 valence electrons. The fourth-order valence-corrected chi connectivity index (χ4v) is 3.60. The number of nitrogens with zero attached hydrogens (tertiary/aromatic N) is 1. The quantitative estimate of drug-likeness (QED) is 0.316. The van der Waals surface area contributed by atoms with Gasteiger partial charge in [0.1, 0.15) is 0 Å². The first-order valence-electron chi connectivity index (χ1n) is 5.80. The Morgan fingerprint density at radius 1 is 1.21 bits per heavy atom. The second-order valence-electron chi connectivity index (χ2n) is 3.74. The van der Waals surface area contributed by atoms with Crippen molar-refractivity contribution in [2.75, 3.05) is 24.8 Å². The average Bonchev–Trinajstić information content (AvgIpc) is 2.46. The fraction of sp³-hybridized carbons (Fsp3) is 0.455. The van der Waals surface area contributed by atoms with Crippen molar-refractivity contribution < 1.29 is 9.09 Å². The molecular formula is C11H18Cl2N3O2P. The first-order valence-corrected chi connectivity index (χ1v) is 8.44. The van der Waals surface area contributed by atoms with E-state index in [2.05, 4.69) is 5.20 Å². The van der Waals surface area contributed by atoms with Crippen LogP contribution < -0.4 is 11.0 Å². The highest BCUT2D eigenvalue weighted by atomic mass is 35.5. The van der Waals surface area contributed by atoms with Gasteiger partial charge in [-0.25, -0.2) is 4.67 Å². The molecule has 0 saturated heterocycles. The number of nitrogens with two attached hydrogens (primary N) is 1. The molecule has 1 unspecified atom stereocenters. The maximum atomic E-state index is 12.6. The second-order valence-corrected chi connectivity index (χ2v) is 6.62. The van der Waals surface area contributed by atoms with Crippen molar-refractivity contribution in [2.24, 2.45) is 5.84 Å². The predicted molar refractivity (Wildman–Crippen MR) is 79.2 cm³/mol. The van der Waals surface area contributed by atoms with Gasteiger partial charge in [-0.15, -0.1) is 23.2 Å². The smallest absolute Gasteiger partial charge is 0.300 e. The Morgan fingerprint density at radius 3 is 2.26 bits per heavy atom. The Morgan fingerprint density at radius 2 is 1.79 bits per heavy atom. The molecule has 1 aromatic rings. The van der Waals surface area contributed by atoms with E-state index >= 15 is 0 Å². The summed E-state index contributed by atoms with van der Waals surface area (Å²) >= 11 is 11.4. The molecular weight excluding hydrogens is 308 g/mol. The molecule has 0 radical (unpaired) electrons. The van der Waals surface area contributed by atoms with Gasteiger partial charge in [-0.05, 0) is 5.56 Å². The van der Waals surface area contributed by atoms with E-state index in [1.807, 2.05) is 30.3 Å². The van der Waals surface area contributed by atoms with Crippen molar-refractivity contribution in [1.29, 1.82) is 0 Å². The molecule has 8 heteroatoms. The van der Waals surface area contributed by atoms with E-state index in [9.17, 15) is 4.57 Å². The molecule has 0 spiro atoms. The van der Waals surface area contributed by atoms with Crippen LogP contribution in [0.15, 0.2) is 30.3 Å². The average molecular weight is 326 g/mol. The Bertz CT molecular complexity index is 402. The summed E-state index contributed by atoms with van der Waals surface area (Å²) in [6.07, 6.45) is 0. The third-order valence-corrected chi connectivity index (χ3v) is 4.76. The molecule has 0 fully saturated rings. The molecule has 0 saturated carbocycles. The van der Waals surface area contributed by atoms with Crippen molar-refractivity contribution in [2.45, 2.75) is 6.61 Å². The van der Waals surface area contributed by atoms with Crippen molar-refractivity contribution in [1.82, 2.24) is 9.87 Å². The Hall–Kier alpha value is -0.130. The minimum absolute atomic E-state index is 0.198. The van der Waals surface area contributed by atoms with Gasteiger partial charge in [0.25, 0.3) is 0 Å². The fourth-order valence-electron chi connectivity index (χ4n) is 1.51. The summed E-state index contributed by atoms with van der Waals surface area (Å²) in [5, 5.41) is 2.26. The molecule has 1 rings (SSSR count). The monoisotopic (exact) mass is 325 g/mol.